The Morgan fingerprint density at radius 3 is 2.65 bits per heavy atom. The number of pyridine rings is 2. The van der Waals surface area contributed by atoms with Gasteiger partial charge in [0.25, 0.3) is 0 Å². The van der Waals surface area contributed by atoms with Crippen molar-refractivity contribution in [3.05, 3.63) is 36.2 Å². The van der Waals surface area contributed by atoms with Crippen LogP contribution in [0.4, 0.5) is 0 Å². The van der Waals surface area contributed by atoms with Crippen molar-refractivity contribution in [3.63, 3.8) is 0 Å². The molecule has 3 heteroatoms. The van der Waals surface area contributed by atoms with E-state index in [9.17, 15) is 0 Å². The summed E-state index contributed by atoms with van der Waals surface area (Å²) in [5.41, 5.74) is 1.94. The van der Waals surface area contributed by atoms with E-state index in [-0.39, 0.29) is 0 Å². The van der Waals surface area contributed by atoms with Crippen molar-refractivity contribution in [3.8, 4) is 0 Å². The number of hydrogen-bond donors (Lipinski definition) is 1. The van der Waals surface area contributed by atoms with Gasteiger partial charge in [0.2, 0.25) is 0 Å². The molecule has 0 radical (unpaired) electrons. The summed E-state index contributed by atoms with van der Waals surface area (Å²) < 4.78 is 0. The molecule has 0 saturated heterocycles. The lowest BCUT2D eigenvalue weighted by molar-refractivity contribution is 0.503. The SMILES string of the molecule is CCC(C)CCNC.CCc1ccc2cccnc2n1. The molecule has 0 saturated carbocycles. The van der Waals surface area contributed by atoms with Crippen LogP contribution >= 0.6 is 0 Å². The van der Waals surface area contributed by atoms with Crippen LogP contribution in [-0.4, -0.2) is 23.6 Å². The monoisotopic (exact) mass is 273 g/mol. The fourth-order valence-electron chi connectivity index (χ4n) is 1.78. The molecule has 110 valence electrons. The maximum atomic E-state index is 4.38. The first-order valence-electron chi connectivity index (χ1n) is 7.56. The summed E-state index contributed by atoms with van der Waals surface area (Å²) in [6.45, 7) is 7.78. The van der Waals surface area contributed by atoms with E-state index < -0.39 is 0 Å². The largest absolute Gasteiger partial charge is 0.320 e. The summed E-state index contributed by atoms with van der Waals surface area (Å²) in [6, 6.07) is 8.06. The zero-order valence-electron chi connectivity index (χ0n) is 13.2. The number of hydrogen-bond acceptors (Lipinski definition) is 3. The van der Waals surface area contributed by atoms with E-state index >= 15 is 0 Å². The van der Waals surface area contributed by atoms with E-state index in [0.717, 1.165) is 35.6 Å². The Bertz CT molecular complexity index is 496. The Morgan fingerprint density at radius 1 is 1.20 bits per heavy atom. The maximum absolute atomic E-state index is 4.38. The summed E-state index contributed by atoms with van der Waals surface area (Å²) in [5.74, 6) is 0.891. The number of rotatable bonds is 5. The summed E-state index contributed by atoms with van der Waals surface area (Å²) in [4.78, 5) is 8.56. The molecular weight excluding hydrogens is 246 g/mol. The Hall–Kier alpha value is -1.48. The van der Waals surface area contributed by atoms with E-state index in [1.54, 1.807) is 6.20 Å². The van der Waals surface area contributed by atoms with Crippen molar-refractivity contribution in [2.24, 2.45) is 5.92 Å². The molecule has 20 heavy (non-hydrogen) atoms. The summed E-state index contributed by atoms with van der Waals surface area (Å²) in [5, 5.41) is 4.24. The van der Waals surface area contributed by atoms with E-state index in [0.29, 0.717) is 0 Å². The lowest BCUT2D eigenvalue weighted by Gasteiger charge is -2.05. The number of fused-ring (bicyclic) bond motifs is 1. The quantitative estimate of drug-likeness (QED) is 0.899. The highest BCUT2D eigenvalue weighted by atomic mass is 14.8. The second kappa shape index (κ2) is 9.43. The lowest BCUT2D eigenvalue weighted by Crippen LogP contribution is -2.10. The molecule has 0 aliphatic rings. The van der Waals surface area contributed by atoms with Crippen molar-refractivity contribution < 1.29 is 0 Å². The molecule has 2 aromatic rings. The van der Waals surface area contributed by atoms with Crippen LogP contribution in [0.25, 0.3) is 11.0 Å². The van der Waals surface area contributed by atoms with Gasteiger partial charge in [-0.25, -0.2) is 9.97 Å². The minimum atomic E-state index is 0.844. The molecule has 3 nitrogen and oxygen atoms in total. The molecule has 2 aromatic heterocycles. The Morgan fingerprint density at radius 2 is 2.00 bits per heavy atom. The standard InChI is InChI=1S/C10H10N2.C7H17N/c1-2-9-6-5-8-4-3-7-11-10(8)12-9;1-4-7(2)5-6-8-3/h3-7H,2H2,1H3;7-8H,4-6H2,1-3H3. The molecule has 1 unspecified atom stereocenters. The van der Waals surface area contributed by atoms with Crippen molar-refractivity contribution in [1.29, 1.82) is 0 Å². The molecule has 0 aliphatic heterocycles. The number of nitrogens with zero attached hydrogens (tertiary/aromatic N) is 2. The van der Waals surface area contributed by atoms with Gasteiger partial charge in [-0.3, -0.25) is 0 Å². The maximum Gasteiger partial charge on any atom is 0.159 e. The molecule has 0 aromatic carbocycles. The van der Waals surface area contributed by atoms with Crippen molar-refractivity contribution in [2.45, 2.75) is 40.0 Å². The van der Waals surface area contributed by atoms with Crippen LogP contribution < -0.4 is 5.32 Å². The van der Waals surface area contributed by atoms with Gasteiger partial charge in [0.1, 0.15) is 0 Å². The van der Waals surface area contributed by atoms with Crippen molar-refractivity contribution in [1.82, 2.24) is 15.3 Å². The summed E-state index contributed by atoms with van der Waals surface area (Å²) in [6.07, 6.45) is 5.36. The van der Waals surface area contributed by atoms with Gasteiger partial charge in [-0.05, 0) is 56.6 Å². The topological polar surface area (TPSA) is 37.8 Å². The molecule has 1 atom stereocenters. The normalized spacial score (nSPS) is 11.8. The van der Waals surface area contributed by atoms with Crippen LogP contribution in [0.3, 0.4) is 0 Å². The van der Waals surface area contributed by atoms with Gasteiger partial charge in [-0.1, -0.05) is 27.2 Å². The molecule has 0 fully saturated rings. The average molecular weight is 273 g/mol. The smallest absolute Gasteiger partial charge is 0.159 e. The second-order valence-corrected chi connectivity index (χ2v) is 5.11. The third kappa shape index (κ3) is 5.66. The molecule has 2 rings (SSSR count). The highest BCUT2D eigenvalue weighted by Gasteiger charge is 1.95. The van der Waals surface area contributed by atoms with Crippen molar-refractivity contribution in [2.75, 3.05) is 13.6 Å². The van der Waals surface area contributed by atoms with Crippen LogP contribution in [0.1, 0.15) is 39.3 Å². The minimum absolute atomic E-state index is 0.844. The van der Waals surface area contributed by atoms with E-state index in [1.165, 1.54) is 12.8 Å². The molecule has 2 heterocycles. The van der Waals surface area contributed by atoms with E-state index in [2.05, 4.69) is 42.1 Å². The number of aromatic nitrogens is 2. The highest BCUT2D eigenvalue weighted by molar-refractivity contribution is 5.74. The zero-order chi connectivity index (χ0) is 14.8. The third-order valence-corrected chi connectivity index (χ3v) is 3.47. The van der Waals surface area contributed by atoms with E-state index in [4.69, 9.17) is 0 Å². The minimum Gasteiger partial charge on any atom is -0.320 e. The first-order valence-corrected chi connectivity index (χ1v) is 7.56. The summed E-state index contributed by atoms with van der Waals surface area (Å²) >= 11 is 0. The summed E-state index contributed by atoms with van der Waals surface area (Å²) in [7, 11) is 2.00. The Balaban J connectivity index is 0.000000221. The van der Waals surface area contributed by atoms with Gasteiger partial charge in [0, 0.05) is 17.3 Å². The first kappa shape index (κ1) is 16.6. The molecule has 0 bridgehead atoms. The molecule has 0 aliphatic carbocycles. The van der Waals surface area contributed by atoms with Gasteiger partial charge in [0.15, 0.2) is 5.65 Å². The Kier molecular flexibility index (Phi) is 7.81. The van der Waals surface area contributed by atoms with Gasteiger partial charge >= 0.3 is 0 Å². The Labute approximate surface area is 122 Å². The number of aryl methyl sites for hydroxylation is 1. The molecule has 0 amide bonds. The van der Waals surface area contributed by atoms with Gasteiger partial charge in [-0.15, -0.1) is 0 Å². The third-order valence-electron chi connectivity index (χ3n) is 3.47. The molecular formula is C17H27N3. The average Bonchev–Trinajstić information content (AvgIpc) is 2.52. The second-order valence-electron chi connectivity index (χ2n) is 5.11. The van der Waals surface area contributed by atoms with Gasteiger partial charge < -0.3 is 5.32 Å². The lowest BCUT2D eigenvalue weighted by atomic mass is 10.1. The predicted molar refractivity (Wildman–Crippen MR) is 86.9 cm³/mol. The van der Waals surface area contributed by atoms with Crippen LogP contribution in [0.15, 0.2) is 30.5 Å². The molecule has 0 spiro atoms. The zero-order valence-corrected chi connectivity index (χ0v) is 13.2. The van der Waals surface area contributed by atoms with Crippen LogP contribution in [0.5, 0.6) is 0 Å². The fourth-order valence-corrected chi connectivity index (χ4v) is 1.78. The van der Waals surface area contributed by atoms with Crippen LogP contribution in [0.2, 0.25) is 0 Å². The highest BCUT2D eigenvalue weighted by Crippen LogP contribution is 2.08. The number of nitrogens with one attached hydrogen (secondary N) is 1. The molecule has 1 N–H and O–H groups in total. The van der Waals surface area contributed by atoms with Crippen LogP contribution in [-0.2, 0) is 6.42 Å². The van der Waals surface area contributed by atoms with Gasteiger partial charge in [0.05, 0.1) is 0 Å². The van der Waals surface area contributed by atoms with E-state index in [1.807, 2.05) is 25.2 Å². The first-order chi connectivity index (χ1) is 9.71. The van der Waals surface area contributed by atoms with Gasteiger partial charge in [-0.2, -0.15) is 0 Å². The van der Waals surface area contributed by atoms with Crippen LogP contribution in [0, 0.1) is 5.92 Å². The predicted octanol–water partition coefficient (Wildman–Crippen LogP) is 3.83. The fraction of sp³-hybridized carbons (Fsp3) is 0.529. The van der Waals surface area contributed by atoms with Crippen molar-refractivity contribution >= 4 is 11.0 Å².